The molecule has 0 unspecified atom stereocenters. The maximum Gasteiger partial charge on any atom is 0.249 e. The van der Waals surface area contributed by atoms with Crippen molar-refractivity contribution < 1.29 is 14.7 Å². The first-order chi connectivity index (χ1) is 11.5. The Morgan fingerprint density at radius 1 is 1.29 bits per heavy atom. The molecule has 0 radical (unpaired) electrons. The Hall–Kier alpha value is -2.86. The first-order valence-corrected chi connectivity index (χ1v) is 7.56. The average Bonchev–Trinajstić information content (AvgIpc) is 2.65. The molecule has 3 rings (SSSR count). The van der Waals surface area contributed by atoms with Crippen LogP contribution < -0.4 is 10.6 Å². The zero-order valence-electron chi connectivity index (χ0n) is 12.6. The lowest BCUT2D eigenvalue weighted by molar-refractivity contribution is -0.121. The Kier molecular flexibility index (Phi) is 4.22. The van der Waals surface area contributed by atoms with E-state index in [1.807, 2.05) is 0 Å². The third kappa shape index (κ3) is 3.09. The van der Waals surface area contributed by atoms with Crippen LogP contribution in [-0.4, -0.2) is 35.7 Å². The van der Waals surface area contributed by atoms with Gasteiger partial charge in [0.2, 0.25) is 11.8 Å². The topological polar surface area (TPSA) is 96.0 Å². The normalized spacial score (nSPS) is 14.0. The number of hydrogen-bond acceptors (Lipinski definition) is 4. The predicted molar refractivity (Wildman–Crippen MR) is 91.6 cm³/mol. The standard InChI is InChI=1S/C17H14ClN3O3/c18-11-4-5-13-14(7-11)21(9-15(19)23)16(24)8-20-17(13)10-2-1-3-12(22)6-10/h1-7,22H,8-9H2,(H2,19,23). The SMILES string of the molecule is NC(=O)CN1C(=O)CN=C(c2cccc(O)c2)c2ccc(Cl)cc21. The van der Waals surface area contributed by atoms with E-state index in [1.165, 1.54) is 4.90 Å². The fourth-order valence-electron chi connectivity index (χ4n) is 2.61. The number of primary amides is 1. The van der Waals surface area contributed by atoms with Crippen molar-refractivity contribution in [3.63, 3.8) is 0 Å². The number of phenols is 1. The summed E-state index contributed by atoms with van der Waals surface area (Å²) in [4.78, 5) is 29.4. The Bertz CT molecular complexity index is 864. The average molecular weight is 344 g/mol. The molecule has 2 amide bonds. The number of benzene rings is 2. The van der Waals surface area contributed by atoms with E-state index in [9.17, 15) is 14.7 Å². The smallest absolute Gasteiger partial charge is 0.249 e. The highest BCUT2D eigenvalue weighted by molar-refractivity contribution is 6.31. The summed E-state index contributed by atoms with van der Waals surface area (Å²) in [7, 11) is 0. The Balaban J connectivity index is 2.19. The van der Waals surface area contributed by atoms with E-state index in [4.69, 9.17) is 17.3 Å². The van der Waals surface area contributed by atoms with Crippen molar-refractivity contribution in [2.45, 2.75) is 0 Å². The summed E-state index contributed by atoms with van der Waals surface area (Å²) < 4.78 is 0. The van der Waals surface area contributed by atoms with E-state index < -0.39 is 5.91 Å². The fourth-order valence-corrected chi connectivity index (χ4v) is 2.78. The van der Waals surface area contributed by atoms with Crippen molar-refractivity contribution in [2.24, 2.45) is 10.7 Å². The minimum atomic E-state index is -0.630. The minimum Gasteiger partial charge on any atom is -0.508 e. The van der Waals surface area contributed by atoms with Crippen LogP contribution in [0.2, 0.25) is 5.02 Å². The zero-order chi connectivity index (χ0) is 17.3. The summed E-state index contributed by atoms with van der Waals surface area (Å²) in [6.45, 7) is -0.389. The molecule has 0 spiro atoms. The van der Waals surface area contributed by atoms with Gasteiger partial charge in [-0.25, -0.2) is 0 Å². The third-order valence-corrected chi connectivity index (χ3v) is 3.85. The van der Waals surface area contributed by atoms with Crippen molar-refractivity contribution >= 4 is 34.8 Å². The minimum absolute atomic E-state index is 0.0929. The maximum absolute atomic E-state index is 12.4. The number of fused-ring (bicyclic) bond motifs is 1. The quantitative estimate of drug-likeness (QED) is 0.888. The number of amides is 2. The van der Waals surface area contributed by atoms with E-state index in [2.05, 4.69) is 4.99 Å². The molecule has 0 fully saturated rings. The monoisotopic (exact) mass is 343 g/mol. The number of rotatable bonds is 3. The van der Waals surface area contributed by atoms with Gasteiger partial charge in [0.1, 0.15) is 18.8 Å². The van der Waals surface area contributed by atoms with Crippen LogP contribution in [0, 0.1) is 0 Å². The molecule has 1 aliphatic heterocycles. The zero-order valence-corrected chi connectivity index (χ0v) is 13.3. The molecular weight excluding hydrogens is 330 g/mol. The molecule has 1 heterocycles. The second-order valence-corrected chi connectivity index (χ2v) is 5.76. The number of halogens is 1. The molecule has 2 aromatic rings. The Morgan fingerprint density at radius 3 is 2.79 bits per heavy atom. The summed E-state index contributed by atoms with van der Waals surface area (Å²) >= 11 is 6.06. The van der Waals surface area contributed by atoms with Crippen LogP contribution in [-0.2, 0) is 9.59 Å². The van der Waals surface area contributed by atoms with Crippen LogP contribution in [0.15, 0.2) is 47.5 Å². The molecule has 1 aliphatic rings. The Morgan fingerprint density at radius 2 is 2.08 bits per heavy atom. The van der Waals surface area contributed by atoms with E-state index in [0.717, 1.165) is 0 Å². The van der Waals surface area contributed by atoms with Gasteiger partial charge in [0, 0.05) is 16.1 Å². The van der Waals surface area contributed by atoms with Crippen LogP contribution in [0.25, 0.3) is 0 Å². The largest absolute Gasteiger partial charge is 0.508 e. The highest BCUT2D eigenvalue weighted by atomic mass is 35.5. The molecule has 0 bridgehead atoms. The van der Waals surface area contributed by atoms with Gasteiger partial charge in [-0.1, -0.05) is 23.7 Å². The van der Waals surface area contributed by atoms with E-state index >= 15 is 0 Å². The predicted octanol–water partition coefficient (Wildman–Crippen LogP) is 1.71. The van der Waals surface area contributed by atoms with E-state index in [1.54, 1.807) is 42.5 Å². The van der Waals surface area contributed by atoms with Crippen molar-refractivity contribution in [1.29, 1.82) is 0 Å². The first-order valence-electron chi connectivity index (χ1n) is 7.18. The molecule has 0 saturated heterocycles. The molecule has 6 nitrogen and oxygen atoms in total. The summed E-state index contributed by atoms with van der Waals surface area (Å²) in [5.74, 6) is -0.891. The summed E-state index contributed by atoms with van der Waals surface area (Å²) in [5, 5.41) is 10.1. The lowest BCUT2D eigenvalue weighted by atomic mass is 10.00. The molecule has 2 aromatic carbocycles. The number of nitrogens with zero attached hydrogens (tertiary/aromatic N) is 2. The summed E-state index contributed by atoms with van der Waals surface area (Å²) in [6, 6.07) is 11.6. The van der Waals surface area contributed by atoms with Crippen molar-refractivity contribution in [3.8, 4) is 5.75 Å². The second kappa shape index (κ2) is 6.33. The van der Waals surface area contributed by atoms with Gasteiger partial charge in [0.15, 0.2) is 0 Å². The molecule has 24 heavy (non-hydrogen) atoms. The lowest BCUT2D eigenvalue weighted by Crippen LogP contribution is -2.39. The molecule has 3 N–H and O–H groups in total. The van der Waals surface area contributed by atoms with E-state index in [-0.39, 0.29) is 24.7 Å². The van der Waals surface area contributed by atoms with Gasteiger partial charge in [-0.05, 0) is 30.3 Å². The number of benzodiazepines with no additional fused rings is 1. The van der Waals surface area contributed by atoms with Gasteiger partial charge < -0.3 is 15.7 Å². The van der Waals surface area contributed by atoms with Crippen LogP contribution >= 0.6 is 11.6 Å². The molecule has 122 valence electrons. The van der Waals surface area contributed by atoms with Crippen LogP contribution in [0.5, 0.6) is 5.75 Å². The van der Waals surface area contributed by atoms with Crippen molar-refractivity contribution in [1.82, 2.24) is 0 Å². The lowest BCUT2D eigenvalue weighted by Gasteiger charge is -2.21. The highest BCUT2D eigenvalue weighted by Gasteiger charge is 2.26. The van der Waals surface area contributed by atoms with Crippen molar-refractivity contribution in [2.75, 3.05) is 18.0 Å². The number of phenolic OH excluding ortho intramolecular Hbond substituents is 1. The van der Waals surface area contributed by atoms with Crippen LogP contribution in [0.4, 0.5) is 5.69 Å². The molecule has 0 saturated carbocycles. The van der Waals surface area contributed by atoms with Crippen molar-refractivity contribution in [3.05, 3.63) is 58.6 Å². The van der Waals surface area contributed by atoms with Gasteiger partial charge >= 0.3 is 0 Å². The second-order valence-electron chi connectivity index (χ2n) is 5.32. The summed E-state index contributed by atoms with van der Waals surface area (Å²) in [6.07, 6.45) is 0. The number of aliphatic imine (C=N–C) groups is 1. The molecule has 0 atom stereocenters. The van der Waals surface area contributed by atoms with Crippen LogP contribution in [0.3, 0.4) is 0 Å². The number of nitrogens with two attached hydrogens (primary N) is 1. The maximum atomic E-state index is 12.4. The van der Waals surface area contributed by atoms with Crippen LogP contribution in [0.1, 0.15) is 11.1 Å². The number of anilines is 1. The van der Waals surface area contributed by atoms with Gasteiger partial charge in [-0.2, -0.15) is 0 Å². The first kappa shape index (κ1) is 16.0. The van der Waals surface area contributed by atoms with E-state index in [0.29, 0.717) is 27.5 Å². The van der Waals surface area contributed by atoms with Gasteiger partial charge in [0.05, 0.1) is 11.4 Å². The number of carbonyl (C=O) groups excluding carboxylic acids is 2. The van der Waals surface area contributed by atoms with Gasteiger partial charge in [-0.15, -0.1) is 0 Å². The number of aromatic hydroxyl groups is 1. The number of carbonyl (C=O) groups is 2. The fraction of sp³-hybridized carbons (Fsp3) is 0.118. The number of hydrogen-bond donors (Lipinski definition) is 2. The highest BCUT2D eigenvalue weighted by Crippen LogP contribution is 2.30. The molecule has 0 aliphatic carbocycles. The third-order valence-electron chi connectivity index (χ3n) is 3.61. The Labute approximate surface area is 143 Å². The summed E-state index contributed by atoms with van der Waals surface area (Å²) in [5.41, 5.74) is 7.56. The molecular formula is C17H14ClN3O3. The molecule has 0 aromatic heterocycles. The van der Waals surface area contributed by atoms with Gasteiger partial charge in [0.25, 0.3) is 0 Å². The molecule has 7 heteroatoms. The van der Waals surface area contributed by atoms with Gasteiger partial charge in [-0.3, -0.25) is 14.6 Å².